The van der Waals surface area contributed by atoms with Crippen LogP contribution in [-0.2, 0) is 19.8 Å². The smallest absolute Gasteiger partial charge is 0.360 e. The molecule has 0 spiro atoms. The number of carbonyl (C=O) groups is 1. The molecule has 9 heteroatoms. The van der Waals surface area contributed by atoms with Crippen LogP contribution in [0.15, 0.2) is 48.5 Å². The maximum Gasteiger partial charge on any atom is 0.360 e. The van der Waals surface area contributed by atoms with Crippen molar-refractivity contribution in [2.24, 2.45) is 0 Å². The quantitative estimate of drug-likeness (QED) is 0.599. The number of esters is 1. The zero-order valence-electron chi connectivity index (χ0n) is 16.8. The molecule has 1 aromatic heterocycles. The number of nitrogens with zero attached hydrogens (tertiary/aromatic N) is 2. The molecule has 0 aliphatic carbocycles. The van der Waals surface area contributed by atoms with E-state index in [0.29, 0.717) is 18.9 Å². The molecule has 0 bridgehead atoms. The molecule has 0 radical (unpaired) electrons. The van der Waals surface area contributed by atoms with Crippen LogP contribution in [0.25, 0.3) is 11.3 Å². The molecule has 7 nitrogen and oxygen atoms in total. The molecule has 31 heavy (non-hydrogen) atoms. The minimum Gasteiger partial charge on any atom is -0.464 e. The van der Waals surface area contributed by atoms with Crippen molar-refractivity contribution in [3.8, 4) is 11.3 Å². The summed E-state index contributed by atoms with van der Waals surface area (Å²) < 4.78 is 44.0. The maximum absolute atomic E-state index is 14.2. The van der Waals surface area contributed by atoms with Crippen LogP contribution < -0.4 is 5.32 Å². The summed E-state index contributed by atoms with van der Waals surface area (Å²) in [5, 5.41) is 10.7. The number of ether oxygens (including phenoxy) is 3. The van der Waals surface area contributed by atoms with Crippen molar-refractivity contribution in [2.75, 3.05) is 32.8 Å². The van der Waals surface area contributed by atoms with Crippen LogP contribution in [0.2, 0.25) is 0 Å². The van der Waals surface area contributed by atoms with E-state index < -0.39 is 23.2 Å². The van der Waals surface area contributed by atoms with Gasteiger partial charge in [0, 0.05) is 12.8 Å². The van der Waals surface area contributed by atoms with Crippen LogP contribution in [0, 0.1) is 11.6 Å². The van der Waals surface area contributed by atoms with Gasteiger partial charge in [0.05, 0.1) is 31.6 Å². The van der Waals surface area contributed by atoms with Gasteiger partial charge in [0.2, 0.25) is 0 Å². The first kappa shape index (κ1) is 20.8. The van der Waals surface area contributed by atoms with Crippen LogP contribution in [0.4, 0.5) is 20.2 Å². The SMILES string of the molecule is COC(=O)c1nnc(-c2c(F)cccc2F)cc1Nc1ccc(C2(OC)COC2)cc1. The molecule has 2 aromatic carbocycles. The van der Waals surface area contributed by atoms with Gasteiger partial charge in [-0.25, -0.2) is 13.6 Å². The molecule has 1 fully saturated rings. The van der Waals surface area contributed by atoms with Crippen molar-refractivity contribution in [3.63, 3.8) is 0 Å². The molecule has 1 N–H and O–H groups in total. The van der Waals surface area contributed by atoms with Gasteiger partial charge in [0.15, 0.2) is 5.69 Å². The Morgan fingerprint density at radius 1 is 1.06 bits per heavy atom. The van der Waals surface area contributed by atoms with E-state index in [4.69, 9.17) is 14.2 Å². The predicted molar refractivity (Wildman–Crippen MR) is 108 cm³/mol. The molecular formula is C22H19F2N3O4. The van der Waals surface area contributed by atoms with Crippen molar-refractivity contribution in [1.82, 2.24) is 10.2 Å². The Hall–Kier alpha value is -3.43. The molecule has 4 rings (SSSR count). The van der Waals surface area contributed by atoms with Crippen molar-refractivity contribution in [1.29, 1.82) is 0 Å². The number of hydrogen-bond donors (Lipinski definition) is 1. The first-order valence-corrected chi connectivity index (χ1v) is 9.38. The number of aromatic nitrogens is 2. The summed E-state index contributed by atoms with van der Waals surface area (Å²) in [5.41, 5.74) is 0.775. The standard InChI is InChI=1S/C22H19F2N3O4/c1-29-21(28)20-18(10-17(26-27-20)19-15(23)4-3-5-16(19)24)25-14-8-6-13(7-9-14)22(30-2)11-31-12-22/h3-10H,11-12H2,1-2H3,(H,25,26). The highest BCUT2D eigenvalue weighted by Crippen LogP contribution is 2.34. The number of halogens is 2. The summed E-state index contributed by atoms with van der Waals surface area (Å²) in [6.07, 6.45) is 0. The lowest BCUT2D eigenvalue weighted by Crippen LogP contribution is -2.48. The largest absolute Gasteiger partial charge is 0.464 e. The number of methoxy groups -OCH3 is 2. The van der Waals surface area contributed by atoms with Crippen molar-refractivity contribution >= 4 is 17.3 Å². The Bertz CT molecular complexity index is 1090. The summed E-state index contributed by atoms with van der Waals surface area (Å²) >= 11 is 0. The zero-order valence-corrected chi connectivity index (χ0v) is 16.8. The topological polar surface area (TPSA) is 82.6 Å². The summed E-state index contributed by atoms with van der Waals surface area (Å²) in [6.45, 7) is 0.934. The maximum atomic E-state index is 14.2. The number of nitrogens with one attached hydrogen (secondary N) is 1. The van der Waals surface area contributed by atoms with Gasteiger partial charge in [0.1, 0.15) is 22.9 Å². The van der Waals surface area contributed by atoms with Crippen LogP contribution >= 0.6 is 0 Å². The predicted octanol–water partition coefficient (Wildman–Crippen LogP) is 3.82. The molecule has 0 amide bonds. The summed E-state index contributed by atoms with van der Waals surface area (Å²) in [5.74, 6) is -2.32. The number of anilines is 2. The van der Waals surface area contributed by atoms with Crippen molar-refractivity contribution in [3.05, 3.63) is 71.4 Å². The second-order valence-electron chi connectivity index (χ2n) is 6.97. The highest BCUT2D eigenvalue weighted by Gasteiger charge is 2.40. The lowest BCUT2D eigenvalue weighted by Gasteiger charge is -2.40. The van der Waals surface area contributed by atoms with Gasteiger partial charge in [-0.05, 0) is 35.9 Å². The Morgan fingerprint density at radius 3 is 2.29 bits per heavy atom. The van der Waals surface area contributed by atoms with Gasteiger partial charge in [0.25, 0.3) is 0 Å². The van der Waals surface area contributed by atoms with Crippen LogP contribution in [0.5, 0.6) is 0 Å². The van der Waals surface area contributed by atoms with E-state index >= 15 is 0 Å². The first-order chi connectivity index (χ1) is 15.0. The molecule has 0 unspecified atom stereocenters. The normalized spacial score (nSPS) is 14.6. The van der Waals surface area contributed by atoms with Crippen LogP contribution in [-0.4, -0.2) is 43.6 Å². The summed E-state index contributed by atoms with van der Waals surface area (Å²) in [7, 11) is 2.83. The first-order valence-electron chi connectivity index (χ1n) is 9.38. The Morgan fingerprint density at radius 2 is 1.74 bits per heavy atom. The van der Waals surface area contributed by atoms with E-state index in [1.807, 2.05) is 12.1 Å². The third-order valence-corrected chi connectivity index (χ3v) is 5.14. The minimum atomic E-state index is -0.789. The molecule has 0 saturated carbocycles. The Labute approximate surface area is 177 Å². The molecule has 160 valence electrons. The van der Waals surface area contributed by atoms with Gasteiger partial charge in [-0.2, -0.15) is 0 Å². The minimum absolute atomic E-state index is 0.0627. The second kappa shape index (κ2) is 8.37. The highest BCUT2D eigenvalue weighted by molar-refractivity contribution is 5.94. The van der Waals surface area contributed by atoms with Gasteiger partial charge in [-0.15, -0.1) is 10.2 Å². The lowest BCUT2D eigenvalue weighted by atomic mass is 9.91. The van der Waals surface area contributed by atoms with E-state index in [1.54, 1.807) is 19.2 Å². The third-order valence-electron chi connectivity index (χ3n) is 5.14. The molecule has 0 atom stereocenters. The molecule has 3 aromatic rings. The molecular weight excluding hydrogens is 408 g/mol. The highest BCUT2D eigenvalue weighted by atomic mass is 19.1. The van der Waals surface area contributed by atoms with Gasteiger partial charge in [-0.3, -0.25) is 0 Å². The molecule has 1 aliphatic heterocycles. The molecule has 2 heterocycles. The number of rotatable bonds is 6. The Kier molecular flexibility index (Phi) is 5.62. The third kappa shape index (κ3) is 3.85. The molecule has 1 saturated heterocycles. The van der Waals surface area contributed by atoms with Gasteiger partial charge < -0.3 is 19.5 Å². The number of carbonyl (C=O) groups excluding carboxylic acids is 1. The molecule has 1 aliphatic rings. The summed E-state index contributed by atoms with van der Waals surface area (Å²) in [4.78, 5) is 12.1. The monoisotopic (exact) mass is 427 g/mol. The van der Waals surface area contributed by atoms with Crippen LogP contribution in [0.3, 0.4) is 0 Å². The van der Waals surface area contributed by atoms with E-state index in [0.717, 1.165) is 17.7 Å². The Balaban J connectivity index is 1.70. The van der Waals surface area contributed by atoms with Crippen LogP contribution in [0.1, 0.15) is 16.1 Å². The van der Waals surface area contributed by atoms with Gasteiger partial charge in [-0.1, -0.05) is 18.2 Å². The average molecular weight is 427 g/mol. The van der Waals surface area contributed by atoms with Gasteiger partial charge >= 0.3 is 5.97 Å². The average Bonchev–Trinajstić information content (AvgIpc) is 2.74. The van der Waals surface area contributed by atoms with E-state index in [2.05, 4.69) is 15.5 Å². The number of hydrogen-bond acceptors (Lipinski definition) is 7. The van der Waals surface area contributed by atoms with E-state index in [-0.39, 0.29) is 22.6 Å². The second-order valence-corrected chi connectivity index (χ2v) is 6.97. The fraction of sp³-hybridized carbons (Fsp3) is 0.227. The summed E-state index contributed by atoms with van der Waals surface area (Å²) in [6, 6.07) is 12.2. The van der Waals surface area contributed by atoms with Crippen molar-refractivity contribution in [2.45, 2.75) is 5.60 Å². The lowest BCUT2D eigenvalue weighted by molar-refractivity contribution is -0.202. The van der Waals surface area contributed by atoms with Crippen molar-refractivity contribution < 1.29 is 27.8 Å². The van der Waals surface area contributed by atoms with E-state index in [1.165, 1.54) is 19.2 Å². The van der Waals surface area contributed by atoms with E-state index in [9.17, 15) is 13.6 Å². The zero-order chi connectivity index (χ0) is 22.0. The fourth-order valence-corrected chi connectivity index (χ4v) is 3.30. The number of benzene rings is 2. The fourth-order valence-electron chi connectivity index (χ4n) is 3.30.